The summed E-state index contributed by atoms with van der Waals surface area (Å²) < 4.78 is 11.2. The lowest BCUT2D eigenvalue weighted by Crippen LogP contribution is -2.40. The molecule has 1 heterocycles. The van der Waals surface area contributed by atoms with Crippen molar-refractivity contribution in [3.8, 4) is 11.5 Å². The SMILES string of the molecule is COc1cc(/C=N\N2C(=O)N[C@](C)(c3ccccc3)C2=O)ccc1OCCC(C)C. The number of methoxy groups -OCH3 is 1. The largest absolute Gasteiger partial charge is 0.493 e. The third-order valence-electron chi connectivity index (χ3n) is 4.98. The lowest BCUT2D eigenvalue weighted by Gasteiger charge is -2.20. The molecule has 0 unspecified atom stereocenters. The van der Waals surface area contributed by atoms with Crippen LogP contribution >= 0.6 is 0 Å². The van der Waals surface area contributed by atoms with Crippen LogP contribution in [0, 0.1) is 5.92 Å². The van der Waals surface area contributed by atoms with Gasteiger partial charge in [-0.15, -0.1) is 5.01 Å². The molecule has 3 amide bonds. The van der Waals surface area contributed by atoms with Crippen LogP contribution in [-0.4, -0.2) is 36.9 Å². The summed E-state index contributed by atoms with van der Waals surface area (Å²) in [6.07, 6.45) is 2.40. The minimum Gasteiger partial charge on any atom is -0.493 e. The fourth-order valence-electron chi connectivity index (χ4n) is 3.11. The van der Waals surface area contributed by atoms with Crippen LogP contribution in [0.1, 0.15) is 38.3 Å². The van der Waals surface area contributed by atoms with Gasteiger partial charge in [0.15, 0.2) is 11.5 Å². The fraction of sp³-hybridized carbons (Fsp3) is 0.348. The quantitative estimate of drug-likeness (QED) is 0.529. The minimum atomic E-state index is -1.15. The molecule has 0 radical (unpaired) electrons. The highest BCUT2D eigenvalue weighted by Crippen LogP contribution is 2.30. The van der Waals surface area contributed by atoms with Gasteiger partial charge in [0.05, 0.1) is 19.9 Å². The molecule has 7 heteroatoms. The Hall–Kier alpha value is -3.35. The first-order chi connectivity index (χ1) is 14.3. The maximum absolute atomic E-state index is 12.9. The summed E-state index contributed by atoms with van der Waals surface area (Å²) in [7, 11) is 1.56. The van der Waals surface area contributed by atoms with Crippen LogP contribution in [0.5, 0.6) is 11.5 Å². The van der Waals surface area contributed by atoms with E-state index >= 15 is 0 Å². The Kier molecular flexibility index (Phi) is 6.40. The van der Waals surface area contributed by atoms with Gasteiger partial charge in [0.1, 0.15) is 5.54 Å². The number of amides is 3. The van der Waals surface area contributed by atoms with Crippen LogP contribution in [0.4, 0.5) is 4.79 Å². The molecule has 0 spiro atoms. The van der Waals surface area contributed by atoms with Gasteiger partial charge in [-0.3, -0.25) is 4.79 Å². The van der Waals surface area contributed by atoms with Gasteiger partial charge in [0, 0.05) is 0 Å². The molecule has 0 aromatic heterocycles. The van der Waals surface area contributed by atoms with E-state index in [0.717, 1.165) is 11.4 Å². The Bertz CT molecular complexity index is 943. The van der Waals surface area contributed by atoms with E-state index in [1.807, 2.05) is 18.2 Å². The molecule has 0 bridgehead atoms. The summed E-state index contributed by atoms with van der Waals surface area (Å²) >= 11 is 0. The second-order valence-electron chi connectivity index (χ2n) is 7.72. The second kappa shape index (κ2) is 8.98. The zero-order valence-electron chi connectivity index (χ0n) is 17.7. The number of hydrogen-bond donors (Lipinski definition) is 1. The zero-order valence-corrected chi connectivity index (χ0v) is 17.7. The molecule has 1 fully saturated rings. The number of benzene rings is 2. The Morgan fingerprint density at radius 1 is 1.13 bits per heavy atom. The maximum Gasteiger partial charge on any atom is 0.346 e. The fourth-order valence-corrected chi connectivity index (χ4v) is 3.11. The highest BCUT2D eigenvalue weighted by molar-refractivity contribution is 6.07. The van der Waals surface area contributed by atoms with Crippen LogP contribution in [-0.2, 0) is 10.3 Å². The van der Waals surface area contributed by atoms with E-state index in [1.165, 1.54) is 6.21 Å². The van der Waals surface area contributed by atoms with Crippen LogP contribution in [0.15, 0.2) is 53.6 Å². The van der Waals surface area contributed by atoms with Gasteiger partial charge in [-0.1, -0.05) is 44.2 Å². The number of carbonyl (C=O) groups is 2. The minimum absolute atomic E-state index is 0.435. The third-order valence-corrected chi connectivity index (χ3v) is 4.98. The van der Waals surface area contributed by atoms with Crippen molar-refractivity contribution in [3.63, 3.8) is 0 Å². The number of ether oxygens (including phenoxy) is 2. The van der Waals surface area contributed by atoms with Crippen molar-refractivity contribution in [1.29, 1.82) is 0 Å². The molecule has 1 N–H and O–H groups in total. The first-order valence-electron chi connectivity index (χ1n) is 9.92. The highest BCUT2D eigenvalue weighted by atomic mass is 16.5. The summed E-state index contributed by atoms with van der Waals surface area (Å²) in [5.41, 5.74) is 0.226. The molecule has 2 aromatic carbocycles. The molecule has 2 aromatic rings. The van der Waals surface area contributed by atoms with Gasteiger partial charge in [-0.2, -0.15) is 5.10 Å². The van der Waals surface area contributed by atoms with E-state index in [0.29, 0.717) is 35.2 Å². The summed E-state index contributed by atoms with van der Waals surface area (Å²) in [5.74, 6) is 1.32. The van der Waals surface area contributed by atoms with E-state index in [2.05, 4.69) is 24.3 Å². The van der Waals surface area contributed by atoms with Crippen molar-refractivity contribution in [2.45, 2.75) is 32.7 Å². The van der Waals surface area contributed by atoms with Gasteiger partial charge < -0.3 is 14.8 Å². The maximum atomic E-state index is 12.9. The lowest BCUT2D eigenvalue weighted by molar-refractivity contribution is -0.131. The third kappa shape index (κ3) is 4.45. The summed E-state index contributed by atoms with van der Waals surface area (Å²) in [4.78, 5) is 25.3. The van der Waals surface area contributed by atoms with E-state index in [1.54, 1.807) is 44.4 Å². The average molecular weight is 409 g/mol. The molecule has 1 saturated heterocycles. The molecule has 7 nitrogen and oxygen atoms in total. The average Bonchev–Trinajstić information content (AvgIpc) is 2.96. The van der Waals surface area contributed by atoms with E-state index in [4.69, 9.17) is 9.47 Å². The Morgan fingerprint density at radius 3 is 2.53 bits per heavy atom. The van der Waals surface area contributed by atoms with Crippen molar-refractivity contribution in [2.24, 2.45) is 11.0 Å². The smallest absolute Gasteiger partial charge is 0.346 e. The predicted octanol–water partition coefficient (Wildman–Crippen LogP) is 3.92. The Morgan fingerprint density at radius 2 is 1.87 bits per heavy atom. The molecule has 0 saturated carbocycles. The molecule has 0 aliphatic carbocycles. The molecule has 158 valence electrons. The zero-order chi connectivity index (χ0) is 21.7. The van der Waals surface area contributed by atoms with Crippen LogP contribution in [0.3, 0.4) is 0 Å². The van der Waals surface area contributed by atoms with E-state index < -0.39 is 17.5 Å². The first kappa shape index (κ1) is 21.4. The molecule has 30 heavy (non-hydrogen) atoms. The molecule has 3 rings (SSSR count). The Labute approximate surface area is 176 Å². The summed E-state index contributed by atoms with van der Waals surface area (Å²) in [5, 5.41) is 7.70. The van der Waals surface area contributed by atoms with Crippen LogP contribution in [0.2, 0.25) is 0 Å². The topological polar surface area (TPSA) is 80.2 Å². The number of nitrogens with zero attached hydrogens (tertiary/aromatic N) is 2. The number of urea groups is 1. The van der Waals surface area contributed by atoms with Gasteiger partial charge in [-0.25, -0.2) is 4.79 Å². The van der Waals surface area contributed by atoms with Crippen molar-refractivity contribution in [2.75, 3.05) is 13.7 Å². The van der Waals surface area contributed by atoms with Gasteiger partial charge in [0.25, 0.3) is 5.91 Å². The second-order valence-corrected chi connectivity index (χ2v) is 7.72. The van der Waals surface area contributed by atoms with E-state index in [-0.39, 0.29) is 0 Å². The van der Waals surface area contributed by atoms with Gasteiger partial charge in [0.2, 0.25) is 0 Å². The molecular weight excluding hydrogens is 382 g/mol. The van der Waals surface area contributed by atoms with Crippen LogP contribution < -0.4 is 14.8 Å². The standard InChI is InChI=1S/C23H27N3O4/c1-16(2)12-13-30-19-11-10-17(14-20(19)29-4)15-24-26-21(27)23(3,25-22(26)28)18-8-6-5-7-9-18/h5-11,14-16H,12-13H2,1-4H3,(H,25,28)/b24-15-/t23-/m1/s1. The number of hydrogen-bond acceptors (Lipinski definition) is 5. The van der Waals surface area contributed by atoms with Crippen molar-refractivity contribution >= 4 is 18.2 Å². The van der Waals surface area contributed by atoms with Crippen LogP contribution in [0.25, 0.3) is 0 Å². The molecule has 1 atom stereocenters. The molecule has 1 aliphatic heterocycles. The molecular formula is C23H27N3O4. The summed E-state index contributed by atoms with van der Waals surface area (Å²) in [6.45, 7) is 6.55. The number of carbonyl (C=O) groups excluding carboxylic acids is 2. The van der Waals surface area contributed by atoms with Crippen molar-refractivity contribution in [3.05, 3.63) is 59.7 Å². The van der Waals surface area contributed by atoms with Gasteiger partial charge in [-0.05, 0) is 48.6 Å². The number of nitrogens with one attached hydrogen (secondary N) is 1. The summed E-state index contributed by atoms with van der Waals surface area (Å²) in [6, 6.07) is 13.9. The molecule has 1 aliphatic rings. The normalized spacial score (nSPS) is 18.9. The lowest BCUT2D eigenvalue weighted by atomic mass is 9.92. The highest BCUT2D eigenvalue weighted by Gasteiger charge is 2.49. The predicted molar refractivity (Wildman–Crippen MR) is 115 cm³/mol. The van der Waals surface area contributed by atoms with Crippen molar-refractivity contribution in [1.82, 2.24) is 10.3 Å². The number of imide groups is 1. The first-order valence-corrected chi connectivity index (χ1v) is 9.92. The van der Waals surface area contributed by atoms with Gasteiger partial charge >= 0.3 is 6.03 Å². The number of hydrazone groups is 1. The Balaban J connectivity index is 1.75. The monoisotopic (exact) mass is 409 g/mol. The van der Waals surface area contributed by atoms with Crippen molar-refractivity contribution < 1.29 is 19.1 Å². The number of rotatable bonds is 8. The van der Waals surface area contributed by atoms with E-state index in [9.17, 15) is 9.59 Å².